The number of benzene rings is 1. The van der Waals surface area contributed by atoms with E-state index in [1.807, 2.05) is 13.8 Å². The number of nitrogens with zero attached hydrogens (tertiary/aromatic N) is 1. The molecule has 0 saturated carbocycles. The highest BCUT2D eigenvalue weighted by atomic mass is 16.6. The summed E-state index contributed by atoms with van der Waals surface area (Å²) in [6.45, 7) is 4.74. The van der Waals surface area contributed by atoms with Gasteiger partial charge in [0.25, 0.3) is 5.69 Å². The van der Waals surface area contributed by atoms with Gasteiger partial charge in [0.15, 0.2) is 0 Å². The first-order valence-electron chi connectivity index (χ1n) is 6.36. The van der Waals surface area contributed by atoms with Crippen molar-refractivity contribution in [3.05, 3.63) is 28.3 Å². The first-order chi connectivity index (χ1) is 8.98. The molecule has 0 bridgehead atoms. The van der Waals surface area contributed by atoms with Crippen molar-refractivity contribution in [2.45, 2.75) is 26.7 Å². The monoisotopic (exact) mass is 267 g/mol. The Labute approximate surface area is 112 Å². The highest BCUT2D eigenvalue weighted by molar-refractivity contribution is 5.69. The van der Waals surface area contributed by atoms with Crippen LogP contribution in [-0.4, -0.2) is 23.2 Å². The maximum absolute atomic E-state index is 10.6. The van der Waals surface area contributed by atoms with E-state index in [4.69, 9.17) is 5.73 Å². The molecule has 0 aliphatic rings. The van der Waals surface area contributed by atoms with Crippen molar-refractivity contribution in [2.75, 3.05) is 24.2 Å². The van der Waals surface area contributed by atoms with Gasteiger partial charge < -0.3 is 16.2 Å². The molecule has 0 saturated heterocycles. The van der Waals surface area contributed by atoms with Crippen molar-refractivity contribution in [3.63, 3.8) is 0 Å². The molecule has 6 heteroatoms. The summed E-state index contributed by atoms with van der Waals surface area (Å²) < 4.78 is 0. The van der Waals surface area contributed by atoms with Gasteiger partial charge in [0, 0.05) is 24.1 Å². The number of aliphatic hydroxyl groups excluding tert-OH is 1. The van der Waals surface area contributed by atoms with Crippen molar-refractivity contribution in [2.24, 2.45) is 5.41 Å². The first kappa shape index (κ1) is 15.2. The number of nitro benzene ring substituents is 1. The van der Waals surface area contributed by atoms with Crippen molar-refractivity contribution >= 4 is 17.1 Å². The Morgan fingerprint density at radius 3 is 2.47 bits per heavy atom. The summed E-state index contributed by atoms with van der Waals surface area (Å²) in [7, 11) is 0. The zero-order valence-electron chi connectivity index (χ0n) is 11.3. The van der Waals surface area contributed by atoms with Gasteiger partial charge in [0.1, 0.15) is 0 Å². The number of nitro groups is 1. The largest absolute Gasteiger partial charge is 0.397 e. The molecular formula is C13H21N3O3. The molecule has 106 valence electrons. The van der Waals surface area contributed by atoms with Crippen LogP contribution in [-0.2, 0) is 0 Å². The Morgan fingerprint density at radius 1 is 1.42 bits per heavy atom. The zero-order valence-corrected chi connectivity index (χ0v) is 11.3. The lowest BCUT2D eigenvalue weighted by Crippen LogP contribution is -2.32. The van der Waals surface area contributed by atoms with Crippen molar-refractivity contribution in [1.82, 2.24) is 0 Å². The molecule has 0 fully saturated rings. The topological polar surface area (TPSA) is 101 Å². The third kappa shape index (κ3) is 3.57. The van der Waals surface area contributed by atoms with Crippen LogP contribution in [0.3, 0.4) is 0 Å². The number of nitrogens with two attached hydrogens (primary N) is 1. The van der Waals surface area contributed by atoms with Crippen LogP contribution in [0.2, 0.25) is 0 Å². The van der Waals surface area contributed by atoms with Gasteiger partial charge in [-0.15, -0.1) is 0 Å². The molecule has 0 aliphatic heterocycles. The molecule has 0 amide bonds. The summed E-state index contributed by atoms with van der Waals surface area (Å²) in [6.07, 6.45) is 1.69. The predicted molar refractivity (Wildman–Crippen MR) is 76.1 cm³/mol. The van der Waals surface area contributed by atoms with E-state index < -0.39 is 4.92 Å². The quantitative estimate of drug-likeness (QED) is 0.400. The summed E-state index contributed by atoms with van der Waals surface area (Å²) >= 11 is 0. The highest BCUT2D eigenvalue weighted by Gasteiger charge is 2.25. The van der Waals surface area contributed by atoms with Crippen LogP contribution in [0.15, 0.2) is 18.2 Å². The lowest BCUT2D eigenvalue weighted by atomic mass is 9.83. The number of hydrogen-bond donors (Lipinski definition) is 3. The summed E-state index contributed by atoms with van der Waals surface area (Å²) in [5, 5.41) is 23.3. The maximum atomic E-state index is 10.6. The summed E-state index contributed by atoms with van der Waals surface area (Å²) in [5.41, 5.74) is 6.57. The number of rotatable bonds is 7. The Bertz CT molecular complexity index is 436. The number of hydrogen-bond acceptors (Lipinski definition) is 5. The van der Waals surface area contributed by atoms with Crippen molar-refractivity contribution in [1.29, 1.82) is 0 Å². The Kier molecular flexibility index (Phi) is 5.11. The lowest BCUT2D eigenvalue weighted by Gasteiger charge is -2.30. The minimum atomic E-state index is -0.476. The molecule has 0 atom stereocenters. The van der Waals surface area contributed by atoms with Crippen LogP contribution < -0.4 is 11.1 Å². The molecule has 1 aromatic rings. The summed E-state index contributed by atoms with van der Waals surface area (Å²) in [4.78, 5) is 10.1. The van der Waals surface area contributed by atoms with Crippen LogP contribution in [0, 0.1) is 15.5 Å². The molecule has 0 aliphatic carbocycles. The highest BCUT2D eigenvalue weighted by Crippen LogP contribution is 2.29. The van der Waals surface area contributed by atoms with Gasteiger partial charge in [-0.25, -0.2) is 0 Å². The van der Waals surface area contributed by atoms with Crippen LogP contribution in [0.5, 0.6) is 0 Å². The van der Waals surface area contributed by atoms with E-state index in [0.29, 0.717) is 17.9 Å². The molecule has 0 aromatic heterocycles. The van der Waals surface area contributed by atoms with Gasteiger partial charge in [-0.2, -0.15) is 0 Å². The van der Waals surface area contributed by atoms with Gasteiger partial charge in [0.2, 0.25) is 0 Å². The minimum absolute atomic E-state index is 0.0255. The summed E-state index contributed by atoms with van der Waals surface area (Å²) in [5.74, 6) is 0. The average Bonchev–Trinajstić information content (AvgIpc) is 2.42. The smallest absolute Gasteiger partial charge is 0.271 e. The number of non-ortho nitro benzene ring substituents is 1. The van der Waals surface area contributed by atoms with Gasteiger partial charge in [0.05, 0.1) is 22.9 Å². The standard InChI is InChI=1S/C13H21N3O3/c1-3-13(4-2,9-17)8-15-12-6-5-10(16(18)19)7-11(12)14/h5-7,15,17H,3-4,8-9,14H2,1-2H3. The van der Waals surface area contributed by atoms with E-state index in [2.05, 4.69) is 5.32 Å². The first-order valence-corrected chi connectivity index (χ1v) is 6.36. The van der Waals surface area contributed by atoms with Crippen LogP contribution in [0.25, 0.3) is 0 Å². The van der Waals surface area contributed by atoms with Crippen LogP contribution in [0.1, 0.15) is 26.7 Å². The van der Waals surface area contributed by atoms with E-state index in [1.54, 1.807) is 6.07 Å². The Hall–Kier alpha value is -1.82. The molecule has 4 N–H and O–H groups in total. The predicted octanol–water partition coefficient (Wildman–Crippen LogP) is 2.39. The Balaban J connectivity index is 2.80. The van der Waals surface area contributed by atoms with E-state index in [-0.39, 0.29) is 17.7 Å². The van der Waals surface area contributed by atoms with E-state index in [1.165, 1.54) is 12.1 Å². The lowest BCUT2D eigenvalue weighted by molar-refractivity contribution is -0.384. The second-order valence-corrected chi connectivity index (χ2v) is 4.75. The molecule has 0 spiro atoms. The van der Waals surface area contributed by atoms with Gasteiger partial charge in [-0.3, -0.25) is 10.1 Å². The third-order valence-corrected chi connectivity index (χ3v) is 3.74. The molecule has 1 aromatic carbocycles. The van der Waals surface area contributed by atoms with Crippen LogP contribution in [0.4, 0.5) is 17.1 Å². The average molecular weight is 267 g/mol. The third-order valence-electron chi connectivity index (χ3n) is 3.74. The van der Waals surface area contributed by atoms with Gasteiger partial charge in [-0.1, -0.05) is 13.8 Å². The van der Waals surface area contributed by atoms with Gasteiger partial charge in [-0.05, 0) is 18.9 Å². The molecule has 6 nitrogen and oxygen atoms in total. The second-order valence-electron chi connectivity index (χ2n) is 4.75. The fourth-order valence-electron chi connectivity index (χ4n) is 1.89. The van der Waals surface area contributed by atoms with Crippen LogP contribution >= 0.6 is 0 Å². The molecule has 0 radical (unpaired) electrons. The zero-order chi connectivity index (χ0) is 14.5. The van der Waals surface area contributed by atoms with Crippen molar-refractivity contribution in [3.8, 4) is 0 Å². The van der Waals surface area contributed by atoms with Gasteiger partial charge >= 0.3 is 0 Å². The van der Waals surface area contributed by atoms with E-state index in [9.17, 15) is 15.2 Å². The van der Waals surface area contributed by atoms with E-state index in [0.717, 1.165) is 12.8 Å². The molecular weight excluding hydrogens is 246 g/mol. The number of nitrogens with one attached hydrogen (secondary N) is 1. The molecule has 0 unspecified atom stereocenters. The summed E-state index contributed by atoms with van der Waals surface area (Å²) in [6, 6.07) is 4.35. The maximum Gasteiger partial charge on any atom is 0.271 e. The van der Waals surface area contributed by atoms with E-state index >= 15 is 0 Å². The SMILES string of the molecule is CCC(CC)(CO)CNc1ccc([N+](=O)[O-])cc1N. The fraction of sp³-hybridized carbons (Fsp3) is 0.538. The van der Waals surface area contributed by atoms with Crippen molar-refractivity contribution < 1.29 is 10.0 Å². The normalized spacial score (nSPS) is 11.3. The number of anilines is 2. The fourth-order valence-corrected chi connectivity index (χ4v) is 1.89. The number of aliphatic hydroxyl groups is 1. The second kappa shape index (κ2) is 6.38. The minimum Gasteiger partial charge on any atom is -0.397 e. The molecule has 19 heavy (non-hydrogen) atoms. The number of nitrogen functional groups attached to an aromatic ring is 1. The molecule has 1 rings (SSSR count). The molecule has 0 heterocycles. The Morgan fingerprint density at radius 2 is 2.05 bits per heavy atom.